The molecule has 0 aliphatic carbocycles. The van der Waals surface area contributed by atoms with E-state index >= 15 is 0 Å². The van der Waals surface area contributed by atoms with Gasteiger partial charge in [-0.15, -0.1) is 0 Å². The van der Waals surface area contributed by atoms with Crippen LogP contribution in [-0.4, -0.2) is 64.1 Å². The summed E-state index contributed by atoms with van der Waals surface area (Å²) < 4.78 is 13.5. The van der Waals surface area contributed by atoms with E-state index in [-0.39, 0.29) is 17.6 Å². The van der Waals surface area contributed by atoms with Gasteiger partial charge in [-0.05, 0) is 32.9 Å². The minimum Gasteiger partial charge on any atom is -0.490 e. The SMILES string of the molecule is CC1Cc2cc(NC(=O)c3cnn4cccnc34)c(N3CCOC(C)(C)C3)cc2O1.CO. The average Bonchev–Trinajstić information content (AvgIpc) is 3.36. The van der Waals surface area contributed by atoms with Gasteiger partial charge in [0.05, 0.1) is 29.8 Å². The quantitative estimate of drug-likeness (QED) is 0.647. The lowest BCUT2D eigenvalue weighted by Crippen LogP contribution is -2.48. The lowest BCUT2D eigenvalue weighted by molar-refractivity contribution is -0.0276. The fourth-order valence-corrected chi connectivity index (χ4v) is 4.21. The Bertz CT molecular complexity index is 1130. The molecule has 2 N–H and O–H groups in total. The first kappa shape index (κ1) is 22.0. The number of fused-ring (bicyclic) bond motifs is 2. The highest BCUT2D eigenvalue weighted by Crippen LogP contribution is 2.40. The van der Waals surface area contributed by atoms with E-state index in [9.17, 15) is 4.79 Å². The number of morpholine rings is 1. The van der Waals surface area contributed by atoms with Crippen LogP contribution in [0.2, 0.25) is 0 Å². The Morgan fingerprint density at radius 3 is 2.91 bits per heavy atom. The molecule has 1 atom stereocenters. The van der Waals surface area contributed by atoms with Crippen LogP contribution >= 0.6 is 0 Å². The largest absolute Gasteiger partial charge is 0.490 e. The van der Waals surface area contributed by atoms with Crippen LogP contribution in [0.4, 0.5) is 11.4 Å². The molecule has 2 aromatic heterocycles. The highest BCUT2D eigenvalue weighted by molar-refractivity contribution is 6.09. The fourth-order valence-electron chi connectivity index (χ4n) is 4.21. The molecule has 0 radical (unpaired) electrons. The minimum absolute atomic E-state index is 0.128. The standard InChI is InChI=1S/C22H25N5O3.CH4O/c1-14-9-15-10-17(25-21(28)16-12-24-27-6-4-5-23-20(16)27)18(11-19(15)30-14)26-7-8-29-22(2,3)13-26;1-2/h4-6,10-12,14H,7-9,13H2,1-3H3,(H,25,28);2H,1H3. The molecule has 32 heavy (non-hydrogen) atoms. The number of carbonyl (C=O) groups is 1. The molecule has 1 aromatic carbocycles. The normalized spacial score (nSPS) is 19.0. The van der Waals surface area contributed by atoms with Gasteiger partial charge in [-0.1, -0.05) is 0 Å². The van der Waals surface area contributed by atoms with E-state index in [1.165, 1.54) is 0 Å². The summed E-state index contributed by atoms with van der Waals surface area (Å²) in [6.45, 7) is 8.32. The molecule has 9 heteroatoms. The van der Waals surface area contributed by atoms with E-state index in [0.29, 0.717) is 17.8 Å². The van der Waals surface area contributed by atoms with Crippen molar-refractivity contribution < 1.29 is 19.4 Å². The van der Waals surface area contributed by atoms with Gasteiger partial charge >= 0.3 is 0 Å². The van der Waals surface area contributed by atoms with Crippen molar-refractivity contribution in [1.29, 1.82) is 0 Å². The zero-order valence-electron chi connectivity index (χ0n) is 18.8. The smallest absolute Gasteiger partial charge is 0.261 e. The summed E-state index contributed by atoms with van der Waals surface area (Å²) in [6.07, 6.45) is 5.93. The van der Waals surface area contributed by atoms with Crippen LogP contribution in [0.15, 0.2) is 36.8 Å². The summed E-state index contributed by atoms with van der Waals surface area (Å²) in [6, 6.07) is 5.86. The summed E-state index contributed by atoms with van der Waals surface area (Å²) in [4.78, 5) is 19.7. The van der Waals surface area contributed by atoms with E-state index in [1.54, 1.807) is 29.2 Å². The van der Waals surface area contributed by atoms with E-state index < -0.39 is 0 Å². The lowest BCUT2D eigenvalue weighted by Gasteiger charge is -2.40. The molecule has 3 aromatic rings. The van der Waals surface area contributed by atoms with Crippen molar-refractivity contribution >= 4 is 22.9 Å². The highest BCUT2D eigenvalue weighted by Gasteiger charge is 2.31. The van der Waals surface area contributed by atoms with Gasteiger partial charge < -0.3 is 24.8 Å². The number of hydrogen-bond donors (Lipinski definition) is 2. The number of ether oxygens (including phenoxy) is 2. The third-order valence-electron chi connectivity index (χ3n) is 5.55. The van der Waals surface area contributed by atoms with E-state index in [0.717, 1.165) is 49.3 Å². The first-order chi connectivity index (χ1) is 15.4. The van der Waals surface area contributed by atoms with Crippen LogP contribution in [0.25, 0.3) is 5.65 Å². The molecule has 4 heterocycles. The molecule has 1 saturated heterocycles. The fraction of sp³-hybridized carbons (Fsp3) is 0.435. The predicted octanol–water partition coefficient (Wildman–Crippen LogP) is 2.53. The second-order valence-electron chi connectivity index (χ2n) is 8.54. The summed E-state index contributed by atoms with van der Waals surface area (Å²) in [7, 11) is 1.00. The second-order valence-corrected chi connectivity index (χ2v) is 8.54. The number of carbonyl (C=O) groups excluding carboxylic acids is 1. The summed E-state index contributed by atoms with van der Waals surface area (Å²) in [5, 5.41) is 14.3. The maximum Gasteiger partial charge on any atom is 0.261 e. The van der Waals surface area contributed by atoms with Gasteiger partial charge in [0.25, 0.3) is 5.91 Å². The summed E-state index contributed by atoms with van der Waals surface area (Å²) in [5.41, 5.74) is 3.52. The van der Waals surface area contributed by atoms with Gasteiger partial charge in [0.1, 0.15) is 17.4 Å². The van der Waals surface area contributed by atoms with E-state index in [1.807, 2.05) is 12.1 Å². The molecule has 9 nitrogen and oxygen atoms in total. The van der Waals surface area contributed by atoms with Gasteiger partial charge in [0.15, 0.2) is 5.65 Å². The van der Waals surface area contributed by atoms with Gasteiger partial charge in [-0.25, -0.2) is 9.50 Å². The molecule has 5 rings (SSSR count). The highest BCUT2D eigenvalue weighted by atomic mass is 16.5. The number of hydrogen-bond acceptors (Lipinski definition) is 7. The van der Waals surface area contributed by atoms with Crippen LogP contribution < -0.4 is 15.0 Å². The maximum atomic E-state index is 13.1. The Hall–Kier alpha value is -3.17. The van der Waals surface area contributed by atoms with Gasteiger partial charge in [-0.2, -0.15) is 5.10 Å². The number of anilines is 2. The Kier molecular flexibility index (Phi) is 6.03. The topological polar surface area (TPSA) is 101 Å². The van der Waals surface area contributed by atoms with Crippen LogP contribution in [0, 0.1) is 0 Å². The molecule has 1 amide bonds. The number of nitrogens with zero attached hydrogens (tertiary/aromatic N) is 4. The molecule has 0 spiro atoms. The number of benzene rings is 1. The Morgan fingerprint density at radius 1 is 1.31 bits per heavy atom. The van der Waals surface area contributed by atoms with Crippen molar-refractivity contribution in [1.82, 2.24) is 14.6 Å². The number of amides is 1. The molecule has 0 saturated carbocycles. The monoisotopic (exact) mass is 439 g/mol. The first-order valence-corrected chi connectivity index (χ1v) is 10.7. The number of aromatic nitrogens is 3. The van der Waals surface area contributed by atoms with Crippen molar-refractivity contribution in [2.75, 3.05) is 37.0 Å². The summed E-state index contributed by atoms with van der Waals surface area (Å²) in [5.74, 6) is 0.654. The minimum atomic E-state index is -0.265. The van der Waals surface area contributed by atoms with Gasteiger partial charge in [0.2, 0.25) is 0 Å². The predicted molar refractivity (Wildman–Crippen MR) is 122 cm³/mol. The number of nitrogens with one attached hydrogen (secondary N) is 1. The third-order valence-corrected chi connectivity index (χ3v) is 5.55. The van der Waals surface area contributed by atoms with Crippen molar-refractivity contribution in [2.24, 2.45) is 0 Å². The molecular formula is C23H29N5O4. The summed E-state index contributed by atoms with van der Waals surface area (Å²) >= 11 is 0. The van der Waals surface area contributed by atoms with Crippen molar-refractivity contribution in [3.63, 3.8) is 0 Å². The zero-order valence-corrected chi connectivity index (χ0v) is 18.8. The molecule has 170 valence electrons. The van der Waals surface area contributed by atoms with Gasteiger partial charge in [-0.3, -0.25) is 4.79 Å². The Morgan fingerprint density at radius 2 is 2.12 bits per heavy atom. The Balaban J connectivity index is 0.00000119. The molecule has 2 aliphatic heterocycles. The second kappa shape index (κ2) is 8.76. The zero-order chi connectivity index (χ0) is 22.9. The molecule has 1 fully saturated rings. The van der Waals surface area contributed by atoms with Crippen LogP contribution in [0.5, 0.6) is 5.75 Å². The first-order valence-electron chi connectivity index (χ1n) is 10.7. The molecule has 0 bridgehead atoms. The van der Waals surface area contributed by atoms with Crippen LogP contribution in [0.3, 0.4) is 0 Å². The maximum absolute atomic E-state index is 13.1. The number of aliphatic hydroxyl groups excluding tert-OH is 1. The number of rotatable bonds is 3. The Labute approximate surface area is 187 Å². The third kappa shape index (κ3) is 4.26. The average molecular weight is 440 g/mol. The molecule has 2 aliphatic rings. The van der Waals surface area contributed by atoms with E-state index in [4.69, 9.17) is 14.6 Å². The van der Waals surface area contributed by atoms with Crippen molar-refractivity contribution in [2.45, 2.75) is 38.9 Å². The molecule has 1 unspecified atom stereocenters. The van der Waals surface area contributed by atoms with Crippen molar-refractivity contribution in [3.8, 4) is 5.75 Å². The molecular weight excluding hydrogens is 410 g/mol. The lowest BCUT2D eigenvalue weighted by atomic mass is 10.0. The number of aliphatic hydroxyl groups is 1. The van der Waals surface area contributed by atoms with Gasteiger partial charge in [0, 0.05) is 50.6 Å². The van der Waals surface area contributed by atoms with Crippen LogP contribution in [0.1, 0.15) is 36.7 Å². The van der Waals surface area contributed by atoms with Crippen molar-refractivity contribution in [3.05, 3.63) is 47.9 Å². The van der Waals surface area contributed by atoms with Crippen LogP contribution in [-0.2, 0) is 11.2 Å². The van der Waals surface area contributed by atoms with E-state index in [2.05, 4.69) is 41.1 Å².